The molecule has 1 aliphatic heterocycles. The molecule has 2 aromatic carbocycles. The van der Waals surface area contributed by atoms with E-state index in [1.165, 1.54) is 29.2 Å². The molecule has 1 saturated carbocycles. The number of nitro groups is 1. The van der Waals surface area contributed by atoms with Crippen molar-refractivity contribution in [1.82, 2.24) is 10.2 Å². The van der Waals surface area contributed by atoms with Crippen LogP contribution in [0, 0.1) is 16.0 Å². The number of benzene rings is 2. The Balaban J connectivity index is 1.70. The van der Waals surface area contributed by atoms with Gasteiger partial charge >= 0.3 is 6.03 Å². The molecule has 1 aliphatic carbocycles. The van der Waals surface area contributed by atoms with Crippen molar-refractivity contribution in [3.8, 4) is 0 Å². The standard InChI is InChI=1S/C21H21N3O5/c25-17-7-4-12-21(27)18(17)19(15-8-10-16(11-9-15)24(28)29)22-20(26)23(21)13-14-5-2-1-3-6-14/h1-3,5-6,8-11,18-19,27H,4,7,12-13H2,(H,22,26). The molecule has 2 aliphatic rings. The van der Waals surface area contributed by atoms with Crippen LogP contribution in [0.4, 0.5) is 10.5 Å². The summed E-state index contributed by atoms with van der Waals surface area (Å²) in [5, 5.41) is 25.3. The number of ketones is 1. The van der Waals surface area contributed by atoms with E-state index in [9.17, 15) is 24.8 Å². The number of fused-ring (bicyclic) bond motifs is 1. The number of rotatable bonds is 4. The summed E-state index contributed by atoms with van der Waals surface area (Å²) in [7, 11) is 0. The highest BCUT2D eigenvalue weighted by Crippen LogP contribution is 2.45. The van der Waals surface area contributed by atoms with E-state index in [0.29, 0.717) is 24.8 Å². The van der Waals surface area contributed by atoms with Gasteiger partial charge in [0.05, 0.1) is 23.4 Å². The van der Waals surface area contributed by atoms with Crippen molar-refractivity contribution in [3.63, 3.8) is 0 Å². The van der Waals surface area contributed by atoms with Crippen molar-refractivity contribution in [3.05, 3.63) is 75.8 Å². The third-order valence-corrected chi connectivity index (χ3v) is 5.78. The fraction of sp³-hybridized carbons (Fsp3) is 0.333. The molecule has 3 unspecified atom stereocenters. The number of Topliss-reactive ketones (excluding diaryl/α,β-unsaturated/α-hetero) is 1. The quantitative estimate of drug-likeness (QED) is 0.610. The van der Waals surface area contributed by atoms with Gasteiger partial charge in [-0.15, -0.1) is 0 Å². The molecule has 2 aromatic rings. The zero-order valence-electron chi connectivity index (χ0n) is 15.7. The average Bonchev–Trinajstić information content (AvgIpc) is 2.71. The van der Waals surface area contributed by atoms with Crippen LogP contribution in [0.25, 0.3) is 0 Å². The molecule has 2 fully saturated rings. The maximum atomic E-state index is 13.0. The Bertz CT molecular complexity index is 947. The lowest BCUT2D eigenvalue weighted by Gasteiger charge is -2.53. The third-order valence-electron chi connectivity index (χ3n) is 5.78. The highest BCUT2D eigenvalue weighted by molar-refractivity contribution is 5.88. The van der Waals surface area contributed by atoms with Gasteiger partial charge < -0.3 is 10.4 Å². The van der Waals surface area contributed by atoms with Gasteiger partial charge in [-0.05, 0) is 24.0 Å². The fourth-order valence-corrected chi connectivity index (χ4v) is 4.37. The van der Waals surface area contributed by atoms with Crippen LogP contribution in [0.2, 0.25) is 0 Å². The Kier molecular flexibility index (Phi) is 4.79. The largest absolute Gasteiger partial charge is 0.370 e. The van der Waals surface area contributed by atoms with Crippen LogP contribution in [0.5, 0.6) is 0 Å². The SMILES string of the molecule is O=C1CCCC2(O)C1C(c1ccc([N+](=O)[O-])cc1)NC(=O)N2Cc1ccccc1. The second kappa shape index (κ2) is 7.29. The number of carbonyl (C=O) groups excluding carboxylic acids is 2. The molecule has 0 aromatic heterocycles. The third kappa shape index (κ3) is 3.36. The summed E-state index contributed by atoms with van der Waals surface area (Å²) in [6.07, 6.45) is 1.12. The topological polar surface area (TPSA) is 113 Å². The van der Waals surface area contributed by atoms with Crippen LogP contribution in [0.1, 0.15) is 36.4 Å². The summed E-state index contributed by atoms with van der Waals surface area (Å²) in [5.74, 6) is -0.973. The van der Waals surface area contributed by atoms with Gasteiger partial charge in [0.2, 0.25) is 0 Å². The summed E-state index contributed by atoms with van der Waals surface area (Å²) in [6, 6.07) is 13.8. The minimum Gasteiger partial charge on any atom is -0.370 e. The number of non-ortho nitro benzene ring substituents is 1. The average molecular weight is 395 g/mol. The fourth-order valence-electron chi connectivity index (χ4n) is 4.37. The smallest absolute Gasteiger partial charge is 0.320 e. The monoisotopic (exact) mass is 395 g/mol. The van der Waals surface area contributed by atoms with Gasteiger partial charge in [-0.3, -0.25) is 19.8 Å². The summed E-state index contributed by atoms with van der Waals surface area (Å²) in [6.45, 7) is 0.180. The lowest BCUT2D eigenvalue weighted by atomic mass is 9.71. The molecule has 2 amide bonds. The van der Waals surface area contributed by atoms with Crippen molar-refractivity contribution < 1.29 is 19.6 Å². The minimum absolute atomic E-state index is 0.0770. The van der Waals surface area contributed by atoms with E-state index in [1.54, 1.807) is 0 Å². The van der Waals surface area contributed by atoms with Crippen LogP contribution < -0.4 is 5.32 Å². The second-order valence-corrected chi connectivity index (χ2v) is 7.52. The lowest BCUT2D eigenvalue weighted by molar-refractivity contribution is -0.384. The summed E-state index contributed by atoms with van der Waals surface area (Å²) >= 11 is 0. The minimum atomic E-state index is -1.61. The zero-order chi connectivity index (χ0) is 20.6. The van der Waals surface area contributed by atoms with E-state index in [-0.39, 0.29) is 18.0 Å². The second-order valence-electron chi connectivity index (χ2n) is 7.52. The maximum Gasteiger partial charge on any atom is 0.320 e. The summed E-state index contributed by atoms with van der Waals surface area (Å²) < 4.78 is 0. The first-order chi connectivity index (χ1) is 13.9. The first-order valence-corrected chi connectivity index (χ1v) is 9.51. The van der Waals surface area contributed by atoms with Gasteiger partial charge in [0.25, 0.3) is 5.69 Å². The van der Waals surface area contributed by atoms with Crippen LogP contribution in [-0.2, 0) is 11.3 Å². The van der Waals surface area contributed by atoms with E-state index < -0.39 is 28.6 Å². The highest BCUT2D eigenvalue weighted by Gasteiger charge is 2.57. The Morgan fingerprint density at radius 2 is 1.83 bits per heavy atom. The van der Waals surface area contributed by atoms with Gasteiger partial charge in [-0.2, -0.15) is 0 Å². The Labute approximate surface area is 167 Å². The van der Waals surface area contributed by atoms with Crippen molar-refractivity contribution >= 4 is 17.5 Å². The van der Waals surface area contributed by atoms with Gasteiger partial charge in [-0.25, -0.2) is 4.79 Å². The van der Waals surface area contributed by atoms with Gasteiger partial charge in [0, 0.05) is 18.6 Å². The molecule has 2 N–H and O–H groups in total. The molecule has 8 nitrogen and oxygen atoms in total. The number of urea groups is 1. The Morgan fingerprint density at radius 3 is 2.48 bits per heavy atom. The predicted octanol–water partition coefficient (Wildman–Crippen LogP) is 2.92. The number of hydrogen-bond acceptors (Lipinski definition) is 5. The van der Waals surface area contributed by atoms with Crippen molar-refractivity contribution in [2.24, 2.45) is 5.92 Å². The van der Waals surface area contributed by atoms with E-state index in [1.807, 2.05) is 30.3 Å². The molecule has 150 valence electrons. The van der Waals surface area contributed by atoms with Gasteiger partial charge in [0.1, 0.15) is 5.78 Å². The maximum absolute atomic E-state index is 13.0. The number of amides is 2. The molecular formula is C21H21N3O5. The van der Waals surface area contributed by atoms with E-state index in [0.717, 1.165) is 5.56 Å². The van der Waals surface area contributed by atoms with Crippen LogP contribution in [0.3, 0.4) is 0 Å². The number of aliphatic hydroxyl groups is 1. The normalized spacial score (nSPS) is 26.6. The lowest BCUT2D eigenvalue weighted by Crippen LogP contribution is -2.69. The molecule has 29 heavy (non-hydrogen) atoms. The number of nitro benzene ring substituents is 1. The molecule has 0 spiro atoms. The van der Waals surface area contributed by atoms with Crippen molar-refractivity contribution in [1.29, 1.82) is 0 Å². The van der Waals surface area contributed by atoms with Crippen molar-refractivity contribution in [2.45, 2.75) is 37.6 Å². The molecule has 0 radical (unpaired) electrons. The van der Waals surface area contributed by atoms with E-state index in [4.69, 9.17) is 0 Å². The van der Waals surface area contributed by atoms with E-state index in [2.05, 4.69) is 5.32 Å². The summed E-state index contributed by atoms with van der Waals surface area (Å²) in [5.41, 5.74) is -0.282. The highest BCUT2D eigenvalue weighted by atomic mass is 16.6. The molecule has 0 bridgehead atoms. The first kappa shape index (κ1) is 19.1. The number of carbonyl (C=O) groups is 2. The molecule has 4 rings (SSSR count). The van der Waals surface area contributed by atoms with Crippen LogP contribution >= 0.6 is 0 Å². The van der Waals surface area contributed by atoms with Crippen LogP contribution in [-0.4, -0.2) is 32.5 Å². The molecule has 8 heteroatoms. The summed E-state index contributed by atoms with van der Waals surface area (Å²) in [4.78, 5) is 37.6. The molecule has 3 atom stereocenters. The Morgan fingerprint density at radius 1 is 1.14 bits per heavy atom. The van der Waals surface area contributed by atoms with Crippen LogP contribution in [0.15, 0.2) is 54.6 Å². The van der Waals surface area contributed by atoms with Gasteiger partial charge in [0.15, 0.2) is 5.72 Å². The predicted molar refractivity (Wildman–Crippen MR) is 104 cm³/mol. The number of nitrogens with zero attached hydrogens (tertiary/aromatic N) is 2. The number of hydrogen-bond donors (Lipinski definition) is 2. The molecular weight excluding hydrogens is 374 g/mol. The van der Waals surface area contributed by atoms with E-state index >= 15 is 0 Å². The van der Waals surface area contributed by atoms with Gasteiger partial charge in [-0.1, -0.05) is 42.5 Å². The zero-order valence-corrected chi connectivity index (χ0v) is 15.7. The Hall–Kier alpha value is -3.26. The number of nitrogens with one attached hydrogen (secondary N) is 1. The molecule has 1 heterocycles. The molecule has 1 saturated heterocycles. The van der Waals surface area contributed by atoms with Crippen molar-refractivity contribution in [2.75, 3.05) is 0 Å². The first-order valence-electron chi connectivity index (χ1n) is 9.51.